The van der Waals surface area contributed by atoms with Crippen molar-refractivity contribution >= 4 is 16.9 Å². The summed E-state index contributed by atoms with van der Waals surface area (Å²) in [7, 11) is 0. The molecule has 2 bridgehead atoms. The Morgan fingerprint density at radius 2 is 1.95 bits per heavy atom. The highest BCUT2D eigenvalue weighted by molar-refractivity contribution is 5.85. The molecule has 2 N–H and O–H groups in total. The van der Waals surface area contributed by atoms with Gasteiger partial charge >= 0.3 is 0 Å². The van der Waals surface area contributed by atoms with Gasteiger partial charge in [0, 0.05) is 46.9 Å². The first-order valence-corrected chi connectivity index (χ1v) is 14.8. The van der Waals surface area contributed by atoms with Crippen molar-refractivity contribution in [1.82, 2.24) is 19.4 Å². The van der Waals surface area contributed by atoms with E-state index in [0.717, 1.165) is 35.8 Å². The standard InChI is InChI=1S/C31H40FN5O4/c1-16(2)37-25-10-20(6-8-22(25)29(38)19(5)26(37)13-36-17(3)14-40-15-18(36)4)28-23(32)12-33-31(35-28)34-24-11-21-7-9-27(41-21)30(24)39/h6,8,10,12,16-18,21,24,27,30,39H,7,9,11,13-15H2,1-5H3,(H,33,34,35)/t17-,18-,21-,24-,27+,30+/m0/s1. The number of anilines is 1. The van der Waals surface area contributed by atoms with E-state index >= 15 is 4.39 Å². The number of rotatable bonds is 6. The van der Waals surface area contributed by atoms with Gasteiger partial charge in [0.15, 0.2) is 11.2 Å². The van der Waals surface area contributed by atoms with E-state index in [9.17, 15) is 9.90 Å². The highest BCUT2D eigenvalue weighted by atomic mass is 19.1. The fourth-order valence-electron chi connectivity index (χ4n) is 6.82. The minimum absolute atomic E-state index is 0.0133. The van der Waals surface area contributed by atoms with Crippen LogP contribution in [0.15, 0.2) is 29.2 Å². The van der Waals surface area contributed by atoms with Gasteiger partial charge in [-0.1, -0.05) is 6.07 Å². The first-order chi connectivity index (χ1) is 19.6. The summed E-state index contributed by atoms with van der Waals surface area (Å²) in [6.45, 7) is 12.3. The van der Waals surface area contributed by atoms with Gasteiger partial charge in [0.1, 0.15) is 11.8 Å². The summed E-state index contributed by atoms with van der Waals surface area (Å²) in [6, 6.07) is 5.63. The molecule has 0 unspecified atom stereocenters. The van der Waals surface area contributed by atoms with Crippen LogP contribution in [0.25, 0.3) is 22.2 Å². The normalized spacial score (nSPS) is 28.5. The van der Waals surface area contributed by atoms with E-state index in [2.05, 4.69) is 52.4 Å². The van der Waals surface area contributed by atoms with Gasteiger partial charge in [-0.15, -0.1) is 0 Å². The van der Waals surface area contributed by atoms with Gasteiger partial charge in [0.25, 0.3) is 0 Å². The third-order valence-electron chi connectivity index (χ3n) is 9.05. The number of morpholine rings is 1. The van der Waals surface area contributed by atoms with Gasteiger partial charge in [-0.25, -0.2) is 14.4 Å². The van der Waals surface area contributed by atoms with Crippen LogP contribution in [0.3, 0.4) is 0 Å². The molecule has 6 rings (SSSR count). The van der Waals surface area contributed by atoms with Crippen molar-refractivity contribution in [3.63, 3.8) is 0 Å². The maximum absolute atomic E-state index is 15.2. The van der Waals surface area contributed by atoms with Crippen LogP contribution in [0.4, 0.5) is 10.3 Å². The molecular formula is C31H40FN5O4. The molecule has 5 heterocycles. The minimum atomic E-state index is -0.675. The van der Waals surface area contributed by atoms with Gasteiger partial charge in [-0.3, -0.25) is 9.69 Å². The van der Waals surface area contributed by atoms with Crippen molar-refractivity contribution in [2.24, 2.45) is 0 Å². The summed E-state index contributed by atoms with van der Waals surface area (Å²) >= 11 is 0. The highest BCUT2D eigenvalue weighted by Gasteiger charge is 2.42. The van der Waals surface area contributed by atoms with Gasteiger partial charge in [-0.2, -0.15) is 0 Å². The number of halogens is 1. The Hall–Kier alpha value is -2.92. The quantitative estimate of drug-likeness (QED) is 0.459. The number of ether oxygens (including phenoxy) is 2. The fourth-order valence-corrected chi connectivity index (χ4v) is 6.82. The van der Waals surface area contributed by atoms with Crippen LogP contribution >= 0.6 is 0 Å². The van der Waals surface area contributed by atoms with Crippen LogP contribution < -0.4 is 10.7 Å². The van der Waals surface area contributed by atoms with Crippen molar-refractivity contribution in [2.45, 2.75) is 103 Å². The second-order valence-corrected chi connectivity index (χ2v) is 12.2. The molecule has 1 aromatic carbocycles. The van der Waals surface area contributed by atoms with Crippen LogP contribution in [0, 0.1) is 12.7 Å². The molecule has 41 heavy (non-hydrogen) atoms. The van der Waals surface area contributed by atoms with Crippen LogP contribution in [0.2, 0.25) is 0 Å². The summed E-state index contributed by atoms with van der Waals surface area (Å²) in [5.41, 5.74) is 3.14. The third kappa shape index (κ3) is 5.16. The smallest absolute Gasteiger partial charge is 0.223 e. The first kappa shape index (κ1) is 28.2. The maximum Gasteiger partial charge on any atom is 0.223 e. The second-order valence-electron chi connectivity index (χ2n) is 12.2. The third-order valence-corrected chi connectivity index (χ3v) is 9.05. The van der Waals surface area contributed by atoms with Crippen molar-refractivity contribution in [3.8, 4) is 11.3 Å². The summed E-state index contributed by atoms with van der Waals surface area (Å²) in [5.74, 6) is -0.294. The Balaban J connectivity index is 1.40. The van der Waals surface area contributed by atoms with E-state index in [4.69, 9.17) is 9.47 Å². The molecule has 9 nitrogen and oxygen atoms in total. The van der Waals surface area contributed by atoms with E-state index in [1.165, 1.54) is 0 Å². The lowest BCUT2D eigenvalue weighted by atomic mass is 10.0. The molecule has 6 atom stereocenters. The first-order valence-electron chi connectivity index (χ1n) is 14.8. The molecule has 3 aromatic rings. The van der Waals surface area contributed by atoms with Crippen LogP contribution in [0.5, 0.6) is 0 Å². The molecule has 0 radical (unpaired) electrons. The average Bonchev–Trinajstić information content (AvgIpc) is 3.36. The zero-order valence-corrected chi connectivity index (χ0v) is 24.4. The number of hydrogen-bond acceptors (Lipinski definition) is 8. The number of aliphatic hydroxyl groups is 1. The number of aliphatic hydroxyl groups excluding tert-OH is 1. The molecular weight excluding hydrogens is 525 g/mol. The molecule has 3 aliphatic heterocycles. The maximum atomic E-state index is 15.2. The number of benzene rings is 1. The summed E-state index contributed by atoms with van der Waals surface area (Å²) in [5, 5.41) is 14.5. The average molecular weight is 566 g/mol. The van der Waals surface area contributed by atoms with Crippen molar-refractivity contribution in [3.05, 3.63) is 51.7 Å². The molecule has 2 aromatic heterocycles. The summed E-state index contributed by atoms with van der Waals surface area (Å²) in [6.07, 6.45) is 2.80. The minimum Gasteiger partial charge on any atom is -0.388 e. The second kappa shape index (κ2) is 11.1. The van der Waals surface area contributed by atoms with Crippen molar-refractivity contribution < 1.29 is 19.0 Å². The van der Waals surface area contributed by atoms with E-state index < -0.39 is 11.9 Å². The Kier molecular flexibility index (Phi) is 7.61. The molecule has 0 saturated carbocycles. The predicted molar refractivity (Wildman–Crippen MR) is 156 cm³/mol. The number of fused-ring (bicyclic) bond motifs is 3. The summed E-state index contributed by atoms with van der Waals surface area (Å²) < 4.78 is 29.0. The Bertz CT molecular complexity index is 1500. The monoisotopic (exact) mass is 565 g/mol. The largest absolute Gasteiger partial charge is 0.388 e. The molecule has 3 aliphatic rings. The van der Waals surface area contributed by atoms with Gasteiger partial charge in [0.2, 0.25) is 5.95 Å². The van der Waals surface area contributed by atoms with E-state index in [1.807, 2.05) is 13.0 Å². The summed E-state index contributed by atoms with van der Waals surface area (Å²) in [4.78, 5) is 24.7. The van der Waals surface area contributed by atoms with Gasteiger partial charge in [-0.05, 0) is 66.0 Å². The number of hydrogen-bond donors (Lipinski definition) is 2. The fraction of sp³-hybridized carbons (Fsp3) is 0.581. The molecule has 3 saturated heterocycles. The number of pyridine rings is 1. The Labute approximate surface area is 239 Å². The topological polar surface area (TPSA) is 102 Å². The van der Waals surface area contributed by atoms with E-state index in [1.54, 1.807) is 12.1 Å². The lowest BCUT2D eigenvalue weighted by molar-refractivity contribution is -0.0811. The molecule has 220 valence electrons. The van der Waals surface area contributed by atoms with Gasteiger partial charge in [0.05, 0.1) is 43.2 Å². The number of aromatic nitrogens is 3. The number of nitrogens with zero attached hydrogens (tertiary/aromatic N) is 4. The predicted octanol–water partition coefficient (Wildman–Crippen LogP) is 4.19. The van der Waals surface area contributed by atoms with Crippen LogP contribution in [0.1, 0.15) is 64.3 Å². The molecule has 10 heteroatoms. The molecule has 0 spiro atoms. The van der Waals surface area contributed by atoms with Gasteiger partial charge < -0.3 is 24.5 Å². The molecule has 0 aliphatic carbocycles. The van der Waals surface area contributed by atoms with Crippen molar-refractivity contribution in [1.29, 1.82) is 0 Å². The number of nitrogens with one attached hydrogen (secondary N) is 1. The van der Waals surface area contributed by atoms with Crippen LogP contribution in [-0.4, -0.2) is 74.2 Å². The lowest BCUT2D eigenvalue weighted by Crippen LogP contribution is -2.49. The lowest BCUT2D eigenvalue weighted by Gasteiger charge is -2.39. The molecule has 0 amide bonds. The van der Waals surface area contributed by atoms with Crippen molar-refractivity contribution in [2.75, 3.05) is 18.5 Å². The van der Waals surface area contributed by atoms with E-state index in [0.29, 0.717) is 37.1 Å². The molecule has 3 fully saturated rings. The zero-order valence-electron chi connectivity index (χ0n) is 24.4. The Morgan fingerprint density at radius 3 is 2.68 bits per heavy atom. The highest BCUT2D eigenvalue weighted by Crippen LogP contribution is 2.34. The SMILES string of the molecule is Cc1c(CN2[C@@H](C)COC[C@@H]2C)n(C(C)C)c2cc(-c3nc(N[C@H]4C[C@@H]5CC[C@@H](O5)[C@@H]4O)ncc3F)ccc2c1=O. The zero-order chi connectivity index (χ0) is 29.0. The van der Waals surface area contributed by atoms with E-state index in [-0.39, 0.29) is 53.4 Å². The van der Waals surface area contributed by atoms with Crippen LogP contribution in [-0.2, 0) is 16.0 Å². The Morgan fingerprint density at radius 1 is 1.20 bits per heavy atom.